The highest BCUT2D eigenvalue weighted by atomic mass is 19.1. The van der Waals surface area contributed by atoms with Crippen LogP contribution in [0.3, 0.4) is 0 Å². The summed E-state index contributed by atoms with van der Waals surface area (Å²) in [4.78, 5) is 27.8. The highest BCUT2D eigenvalue weighted by Gasteiger charge is 2.27. The van der Waals surface area contributed by atoms with Crippen molar-refractivity contribution in [2.24, 2.45) is 5.92 Å². The average Bonchev–Trinajstić information content (AvgIpc) is 3.38. The molecule has 2 aromatic carbocycles. The summed E-state index contributed by atoms with van der Waals surface area (Å²) < 4.78 is 34.6. The van der Waals surface area contributed by atoms with E-state index in [2.05, 4.69) is 15.5 Å². The number of alkyl halides is 1. The van der Waals surface area contributed by atoms with Crippen LogP contribution < -0.4 is 15.4 Å². The van der Waals surface area contributed by atoms with Gasteiger partial charge in [-0.3, -0.25) is 14.9 Å². The molecule has 2 heterocycles. The molecule has 2 fully saturated rings. The van der Waals surface area contributed by atoms with Crippen LogP contribution in [-0.4, -0.2) is 61.2 Å². The average molecular weight is 500 g/mol. The van der Waals surface area contributed by atoms with Crippen molar-refractivity contribution in [3.63, 3.8) is 0 Å². The number of benzene rings is 2. The van der Waals surface area contributed by atoms with Crippen molar-refractivity contribution in [3.05, 3.63) is 53.8 Å². The van der Waals surface area contributed by atoms with Crippen LogP contribution >= 0.6 is 0 Å². The van der Waals surface area contributed by atoms with Gasteiger partial charge in [0.15, 0.2) is 0 Å². The molecule has 0 bridgehead atoms. The van der Waals surface area contributed by atoms with Gasteiger partial charge in [-0.1, -0.05) is 18.2 Å². The smallest absolute Gasteiger partial charge is 0.258 e. The first-order chi connectivity index (χ1) is 17.2. The molecule has 2 N–H and O–H groups in total. The van der Waals surface area contributed by atoms with E-state index in [-0.39, 0.29) is 17.0 Å². The summed E-state index contributed by atoms with van der Waals surface area (Å²) in [5.41, 5.74) is -0.352. The summed E-state index contributed by atoms with van der Waals surface area (Å²) in [6.07, 6.45) is 3.35. The van der Waals surface area contributed by atoms with Gasteiger partial charge in [0, 0.05) is 12.1 Å². The molecule has 36 heavy (non-hydrogen) atoms. The van der Waals surface area contributed by atoms with Gasteiger partial charge in [0.25, 0.3) is 5.91 Å². The molecule has 2 aromatic rings. The molecular formula is C28H35F2N3O3. The van der Waals surface area contributed by atoms with E-state index < -0.39 is 23.4 Å². The maximum absolute atomic E-state index is 14.6. The number of halogens is 2. The lowest BCUT2D eigenvalue weighted by atomic mass is 9.96. The van der Waals surface area contributed by atoms with Gasteiger partial charge in [0.2, 0.25) is 5.91 Å². The predicted octanol–water partition coefficient (Wildman–Crippen LogP) is 4.34. The maximum Gasteiger partial charge on any atom is 0.258 e. The Kier molecular flexibility index (Phi) is 8.36. The molecule has 0 radical (unpaired) electrons. The Morgan fingerprint density at radius 3 is 2.53 bits per heavy atom. The topological polar surface area (TPSA) is 70.7 Å². The lowest BCUT2D eigenvalue weighted by Crippen LogP contribution is -2.43. The number of amides is 2. The van der Waals surface area contributed by atoms with E-state index in [4.69, 9.17) is 4.74 Å². The number of carbonyl (C=O) groups excluding carboxylic acids is 2. The molecule has 2 aliphatic rings. The summed E-state index contributed by atoms with van der Waals surface area (Å²) in [6, 6.07) is 10.8. The van der Waals surface area contributed by atoms with Crippen LogP contribution in [-0.2, 0) is 4.79 Å². The number of piperidine rings is 1. The second kappa shape index (κ2) is 11.5. The Hall–Kier alpha value is -2.84. The van der Waals surface area contributed by atoms with Crippen LogP contribution in [0.15, 0.2) is 42.5 Å². The molecule has 0 unspecified atom stereocenters. The second-order valence-corrected chi connectivity index (χ2v) is 10.4. The Morgan fingerprint density at radius 2 is 1.86 bits per heavy atom. The third-order valence-corrected chi connectivity index (χ3v) is 6.81. The monoisotopic (exact) mass is 499 g/mol. The van der Waals surface area contributed by atoms with Crippen molar-refractivity contribution in [2.75, 3.05) is 32.8 Å². The minimum Gasteiger partial charge on any atom is -0.493 e. The molecule has 1 atom stereocenters. The SMILES string of the molecule is CC(C)(F)CN1CCC(COc2ccc(-c3ccccc3F)c(C(=O)NC(=O)[C@@H]3CCCN3)c2)CC1. The van der Waals surface area contributed by atoms with E-state index in [0.29, 0.717) is 36.8 Å². The van der Waals surface area contributed by atoms with Crippen LogP contribution in [0, 0.1) is 11.7 Å². The first-order valence-electron chi connectivity index (χ1n) is 12.7. The van der Waals surface area contributed by atoms with E-state index in [1.165, 1.54) is 6.07 Å². The Balaban J connectivity index is 1.46. The number of carbonyl (C=O) groups is 2. The normalized spacial score (nSPS) is 19.3. The number of nitrogens with one attached hydrogen (secondary N) is 2. The van der Waals surface area contributed by atoms with Crippen LogP contribution in [0.4, 0.5) is 8.78 Å². The molecule has 2 amide bonds. The standard InChI is InChI=1S/C28H35F2N3O3/c1-28(2,30)18-33-14-11-19(12-15-33)17-36-20-9-10-21(22-6-3-4-7-24(22)29)23(16-20)26(34)32-27(35)25-8-5-13-31-25/h3-4,6-7,9-10,16,19,25,31H,5,8,11-15,17-18H2,1-2H3,(H,32,34,35)/t25-/m0/s1. The van der Waals surface area contributed by atoms with Crippen molar-refractivity contribution < 1.29 is 23.1 Å². The molecule has 6 nitrogen and oxygen atoms in total. The number of rotatable bonds is 8. The first kappa shape index (κ1) is 26.2. The fourth-order valence-electron chi connectivity index (χ4n) is 4.95. The Morgan fingerprint density at radius 1 is 1.11 bits per heavy atom. The number of ether oxygens (including phenoxy) is 1. The summed E-state index contributed by atoms with van der Waals surface area (Å²) in [5, 5.41) is 5.55. The van der Waals surface area contributed by atoms with Gasteiger partial charge in [-0.05, 0) is 94.9 Å². The number of imide groups is 1. The molecule has 0 spiro atoms. The Labute approximate surface area is 211 Å². The van der Waals surface area contributed by atoms with E-state index in [9.17, 15) is 18.4 Å². The summed E-state index contributed by atoms with van der Waals surface area (Å²) >= 11 is 0. The molecule has 0 aliphatic carbocycles. The van der Waals surface area contributed by atoms with Gasteiger partial charge < -0.3 is 15.0 Å². The second-order valence-electron chi connectivity index (χ2n) is 10.4. The quantitative estimate of drug-likeness (QED) is 0.529. The fourth-order valence-corrected chi connectivity index (χ4v) is 4.95. The molecule has 0 saturated carbocycles. The molecule has 8 heteroatoms. The van der Waals surface area contributed by atoms with Crippen molar-refractivity contribution in [3.8, 4) is 16.9 Å². The lowest BCUT2D eigenvalue weighted by molar-refractivity contribution is -0.121. The first-order valence-corrected chi connectivity index (χ1v) is 12.7. The highest BCUT2D eigenvalue weighted by Crippen LogP contribution is 2.30. The van der Waals surface area contributed by atoms with Gasteiger partial charge in [-0.25, -0.2) is 8.78 Å². The van der Waals surface area contributed by atoms with E-state index in [1.54, 1.807) is 50.2 Å². The lowest BCUT2D eigenvalue weighted by Gasteiger charge is -2.34. The van der Waals surface area contributed by atoms with Crippen LogP contribution in [0.5, 0.6) is 5.75 Å². The van der Waals surface area contributed by atoms with E-state index in [0.717, 1.165) is 38.9 Å². The maximum atomic E-state index is 14.6. The minimum atomic E-state index is -1.21. The largest absolute Gasteiger partial charge is 0.493 e. The van der Waals surface area contributed by atoms with Gasteiger partial charge in [-0.2, -0.15) is 0 Å². The van der Waals surface area contributed by atoms with Crippen molar-refractivity contribution in [1.82, 2.24) is 15.5 Å². The minimum absolute atomic E-state index is 0.184. The summed E-state index contributed by atoms with van der Waals surface area (Å²) in [7, 11) is 0. The van der Waals surface area contributed by atoms with Crippen molar-refractivity contribution in [1.29, 1.82) is 0 Å². The van der Waals surface area contributed by atoms with Crippen LogP contribution in [0.1, 0.15) is 49.9 Å². The molecular weight excluding hydrogens is 464 g/mol. The zero-order valence-electron chi connectivity index (χ0n) is 21.0. The van der Waals surface area contributed by atoms with Crippen LogP contribution in [0.2, 0.25) is 0 Å². The zero-order chi connectivity index (χ0) is 25.7. The third-order valence-electron chi connectivity index (χ3n) is 6.81. The van der Waals surface area contributed by atoms with E-state index >= 15 is 0 Å². The highest BCUT2D eigenvalue weighted by molar-refractivity contribution is 6.09. The van der Waals surface area contributed by atoms with Gasteiger partial charge in [0.1, 0.15) is 17.2 Å². The van der Waals surface area contributed by atoms with Crippen molar-refractivity contribution in [2.45, 2.75) is 51.2 Å². The fraction of sp³-hybridized carbons (Fsp3) is 0.500. The molecule has 194 valence electrons. The molecule has 4 rings (SSSR count). The van der Waals surface area contributed by atoms with Gasteiger partial charge in [0.05, 0.1) is 18.2 Å². The Bertz CT molecular complexity index is 1070. The summed E-state index contributed by atoms with van der Waals surface area (Å²) in [6.45, 7) is 6.46. The molecule has 2 aliphatic heterocycles. The zero-order valence-corrected chi connectivity index (χ0v) is 21.0. The van der Waals surface area contributed by atoms with Gasteiger partial charge in [-0.15, -0.1) is 0 Å². The van der Waals surface area contributed by atoms with Gasteiger partial charge >= 0.3 is 0 Å². The molecule has 0 aromatic heterocycles. The van der Waals surface area contributed by atoms with Crippen LogP contribution in [0.25, 0.3) is 11.1 Å². The number of hydrogen-bond donors (Lipinski definition) is 2. The number of likely N-dealkylation sites (tertiary alicyclic amines) is 1. The number of hydrogen-bond acceptors (Lipinski definition) is 5. The van der Waals surface area contributed by atoms with E-state index in [1.807, 2.05) is 0 Å². The molecule has 2 saturated heterocycles. The predicted molar refractivity (Wildman–Crippen MR) is 135 cm³/mol. The third kappa shape index (κ3) is 6.89. The number of nitrogens with zero attached hydrogens (tertiary/aromatic N) is 1. The summed E-state index contributed by atoms with van der Waals surface area (Å²) in [5.74, 6) is -0.611. The van der Waals surface area contributed by atoms with Crippen molar-refractivity contribution >= 4 is 11.8 Å².